The summed E-state index contributed by atoms with van der Waals surface area (Å²) in [5.41, 5.74) is 0.747. The largest absolute Gasteiger partial charge is 0.416 e. The van der Waals surface area contributed by atoms with Crippen molar-refractivity contribution in [3.05, 3.63) is 35.7 Å². The number of hydrogen-bond acceptors (Lipinski definition) is 1. The van der Waals surface area contributed by atoms with Crippen LogP contribution in [0.5, 0.6) is 0 Å². The van der Waals surface area contributed by atoms with Crippen molar-refractivity contribution in [2.24, 2.45) is 5.41 Å². The Morgan fingerprint density at radius 1 is 1.22 bits per heavy atom. The van der Waals surface area contributed by atoms with Gasteiger partial charge in [-0.15, -0.1) is 0 Å². The molecule has 0 N–H and O–H groups in total. The quantitative estimate of drug-likeness (QED) is 0.755. The van der Waals surface area contributed by atoms with Crippen molar-refractivity contribution in [3.63, 3.8) is 0 Å². The summed E-state index contributed by atoms with van der Waals surface area (Å²) in [6.45, 7) is 6.14. The van der Waals surface area contributed by atoms with Gasteiger partial charge in [0.1, 0.15) is 0 Å². The maximum absolute atomic E-state index is 12.7. The molecular weight excluding hydrogens is 241 g/mol. The third kappa shape index (κ3) is 2.66. The molecule has 0 aliphatic rings. The van der Waals surface area contributed by atoms with E-state index in [4.69, 9.17) is 0 Å². The fraction of sp³-hybridized carbons (Fsp3) is 0.462. The van der Waals surface area contributed by atoms with E-state index in [9.17, 15) is 13.2 Å². The third-order valence-corrected chi connectivity index (χ3v) is 2.65. The highest BCUT2D eigenvalue weighted by molar-refractivity contribution is 5.56. The minimum atomic E-state index is -4.31. The van der Waals surface area contributed by atoms with Crippen LogP contribution in [0.3, 0.4) is 0 Å². The smallest absolute Gasteiger partial charge is 0.241 e. The predicted octanol–water partition coefficient (Wildman–Crippen LogP) is 3.94. The molecule has 2 aromatic rings. The molecule has 0 atom stereocenters. The van der Waals surface area contributed by atoms with Crippen LogP contribution in [0.4, 0.5) is 13.2 Å². The van der Waals surface area contributed by atoms with E-state index in [-0.39, 0.29) is 5.41 Å². The molecule has 0 aliphatic heterocycles. The first-order valence-corrected chi connectivity index (χ1v) is 5.70. The molecule has 0 aromatic carbocycles. The fourth-order valence-electron chi connectivity index (χ4n) is 1.92. The standard InChI is InChI=1S/C13H15F3N2/c1-12(2,3)7-9-8-17-18-5-4-10(6-11(9)18)13(14,15)16/h4-6,8H,7H2,1-3H3. The number of pyridine rings is 1. The van der Waals surface area contributed by atoms with Crippen LogP contribution in [0.2, 0.25) is 0 Å². The van der Waals surface area contributed by atoms with Gasteiger partial charge in [0.05, 0.1) is 17.3 Å². The number of aromatic nitrogens is 2. The maximum atomic E-state index is 12.7. The Morgan fingerprint density at radius 2 is 1.89 bits per heavy atom. The van der Waals surface area contributed by atoms with Crippen molar-refractivity contribution in [2.75, 3.05) is 0 Å². The predicted molar refractivity (Wildman–Crippen MR) is 63.4 cm³/mol. The normalized spacial score (nSPS) is 13.2. The summed E-state index contributed by atoms with van der Waals surface area (Å²) < 4.78 is 39.5. The number of halogens is 3. The lowest BCUT2D eigenvalue weighted by atomic mass is 9.88. The first-order valence-electron chi connectivity index (χ1n) is 5.70. The minimum absolute atomic E-state index is 0.0117. The van der Waals surface area contributed by atoms with Gasteiger partial charge in [0.2, 0.25) is 0 Å². The van der Waals surface area contributed by atoms with Crippen LogP contribution in [-0.2, 0) is 12.6 Å². The van der Waals surface area contributed by atoms with E-state index in [2.05, 4.69) is 5.10 Å². The van der Waals surface area contributed by atoms with Gasteiger partial charge in [0, 0.05) is 6.20 Å². The lowest BCUT2D eigenvalue weighted by Gasteiger charge is -2.17. The van der Waals surface area contributed by atoms with E-state index in [1.54, 1.807) is 6.20 Å². The summed E-state index contributed by atoms with van der Waals surface area (Å²) in [5, 5.41) is 4.08. The van der Waals surface area contributed by atoms with E-state index in [0.717, 1.165) is 17.7 Å². The van der Waals surface area contributed by atoms with Gasteiger partial charge in [-0.1, -0.05) is 20.8 Å². The lowest BCUT2D eigenvalue weighted by molar-refractivity contribution is -0.137. The third-order valence-electron chi connectivity index (χ3n) is 2.65. The van der Waals surface area contributed by atoms with E-state index in [1.807, 2.05) is 20.8 Å². The number of alkyl halides is 3. The monoisotopic (exact) mass is 256 g/mol. The number of fused-ring (bicyclic) bond motifs is 1. The molecule has 2 nitrogen and oxygen atoms in total. The second kappa shape index (κ2) is 4.00. The Hall–Kier alpha value is -1.52. The zero-order valence-corrected chi connectivity index (χ0v) is 10.5. The van der Waals surface area contributed by atoms with Gasteiger partial charge < -0.3 is 0 Å². The minimum Gasteiger partial charge on any atom is -0.241 e. The Balaban J connectivity index is 2.50. The van der Waals surface area contributed by atoms with Crippen LogP contribution < -0.4 is 0 Å². The molecule has 0 fully saturated rings. The fourth-order valence-corrected chi connectivity index (χ4v) is 1.92. The van der Waals surface area contributed by atoms with Crippen LogP contribution in [0, 0.1) is 5.41 Å². The molecule has 0 aliphatic carbocycles. The van der Waals surface area contributed by atoms with E-state index in [0.29, 0.717) is 11.9 Å². The van der Waals surface area contributed by atoms with Crippen LogP contribution in [-0.4, -0.2) is 9.61 Å². The average Bonchev–Trinajstić information content (AvgIpc) is 2.57. The van der Waals surface area contributed by atoms with Gasteiger partial charge in [0.25, 0.3) is 0 Å². The average molecular weight is 256 g/mol. The van der Waals surface area contributed by atoms with Crippen molar-refractivity contribution in [2.45, 2.75) is 33.4 Å². The highest BCUT2D eigenvalue weighted by atomic mass is 19.4. The van der Waals surface area contributed by atoms with Crippen LogP contribution in [0.25, 0.3) is 5.52 Å². The summed E-state index contributed by atoms with van der Waals surface area (Å²) in [7, 11) is 0. The zero-order valence-electron chi connectivity index (χ0n) is 10.5. The van der Waals surface area contributed by atoms with Gasteiger partial charge in [-0.2, -0.15) is 18.3 Å². The first kappa shape index (κ1) is 12.9. The van der Waals surface area contributed by atoms with Crippen molar-refractivity contribution < 1.29 is 13.2 Å². The molecule has 0 bridgehead atoms. The van der Waals surface area contributed by atoms with E-state index in [1.165, 1.54) is 10.7 Å². The summed E-state index contributed by atoms with van der Waals surface area (Å²) in [4.78, 5) is 0. The van der Waals surface area contributed by atoms with Gasteiger partial charge in [-0.25, -0.2) is 4.52 Å². The van der Waals surface area contributed by atoms with Crippen LogP contribution in [0.1, 0.15) is 31.9 Å². The molecule has 2 rings (SSSR count). The molecule has 2 heterocycles. The molecule has 18 heavy (non-hydrogen) atoms. The topological polar surface area (TPSA) is 17.3 Å². The Morgan fingerprint density at radius 3 is 2.44 bits per heavy atom. The summed E-state index contributed by atoms with van der Waals surface area (Å²) in [5.74, 6) is 0. The van der Waals surface area contributed by atoms with Gasteiger partial charge >= 0.3 is 6.18 Å². The molecule has 0 radical (unpaired) electrons. The van der Waals surface area contributed by atoms with Crippen molar-refractivity contribution in [3.8, 4) is 0 Å². The van der Waals surface area contributed by atoms with Gasteiger partial charge in [0.15, 0.2) is 0 Å². The van der Waals surface area contributed by atoms with E-state index < -0.39 is 11.7 Å². The molecule has 0 saturated carbocycles. The maximum Gasteiger partial charge on any atom is 0.416 e. The summed E-state index contributed by atoms with van der Waals surface area (Å²) in [6, 6.07) is 2.20. The van der Waals surface area contributed by atoms with Crippen LogP contribution >= 0.6 is 0 Å². The Bertz CT molecular complexity index is 562. The zero-order chi connectivity index (χ0) is 13.6. The number of rotatable bonds is 1. The van der Waals surface area contributed by atoms with E-state index >= 15 is 0 Å². The molecule has 0 unspecified atom stereocenters. The molecule has 0 spiro atoms. The Kier molecular flexibility index (Phi) is 2.87. The van der Waals surface area contributed by atoms with Crippen molar-refractivity contribution in [1.82, 2.24) is 9.61 Å². The lowest BCUT2D eigenvalue weighted by Crippen LogP contribution is -2.09. The first-order chi connectivity index (χ1) is 8.17. The highest BCUT2D eigenvalue weighted by Crippen LogP contribution is 2.31. The highest BCUT2D eigenvalue weighted by Gasteiger charge is 2.31. The van der Waals surface area contributed by atoms with Crippen LogP contribution in [0.15, 0.2) is 24.5 Å². The molecule has 5 heteroatoms. The number of nitrogens with zero attached hydrogens (tertiary/aromatic N) is 2. The SMILES string of the molecule is CC(C)(C)Cc1cnn2ccc(C(F)(F)F)cc12. The number of hydrogen-bond donors (Lipinski definition) is 0. The van der Waals surface area contributed by atoms with Gasteiger partial charge in [-0.3, -0.25) is 0 Å². The molecule has 0 amide bonds. The summed E-state index contributed by atoms with van der Waals surface area (Å²) >= 11 is 0. The Labute approximate surface area is 103 Å². The van der Waals surface area contributed by atoms with Crippen molar-refractivity contribution >= 4 is 5.52 Å². The second-order valence-corrected chi connectivity index (χ2v) is 5.65. The second-order valence-electron chi connectivity index (χ2n) is 5.65. The summed E-state index contributed by atoms with van der Waals surface area (Å²) in [6.07, 6.45) is -0.631. The molecule has 0 saturated heterocycles. The molecule has 98 valence electrons. The molecular formula is C13H15F3N2. The molecule has 2 aromatic heterocycles. The van der Waals surface area contributed by atoms with Crippen molar-refractivity contribution in [1.29, 1.82) is 0 Å². The van der Waals surface area contributed by atoms with Gasteiger partial charge in [-0.05, 0) is 29.5 Å².